The molecule has 2 aromatic rings. The predicted molar refractivity (Wildman–Crippen MR) is 115 cm³/mol. The fraction of sp³-hybridized carbons (Fsp3) is 0.200. The number of thioether (sulfide) groups is 1. The number of aryl methyl sites for hydroxylation is 1. The molecule has 3 rings (SSSR count). The summed E-state index contributed by atoms with van der Waals surface area (Å²) in [6.45, 7) is 2.07. The van der Waals surface area contributed by atoms with E-state index in [9.17, 15) is 9.59 Å². The maximum absolute atomic E-state index is 12.5. The highest BCUT2D eigenvalue weighted by atomic mass is 35.5. The second kappa shape index (κ2) is 9.52. The van der Waals surface area contributed by atoms with Crippen molar-refractivity contribution in [2.24, 2.45) is 10.2 Å². The van der Waals surface area contributed by atoms with E-state index in [4.69, 9.17) is 11.6 Å². The molecule has 0 unspecified atom stereocenters. The molecule has 0 aliphatic carbocycles. The van der Waals surface area contributed by atoms with Crippen LogP contribution in [0.5, 0.6) is 0 Å². The Morgan fingerprint density at radius 1 is 1.25 bits per heavy atom. The summed E-state index contributed by atoms with van der Waals surface area (Å²) in [5, 5.41) is 13.8. The van der Waals surface area contributed by atoms with E-state index in [1.807, 2.05) is 24.3 Å². The first-order chi connectivity index (χ1) is 13.5. The standard InChI is InChI=1S/C20H19ClN4O2S/c1-2-13-5-9-16(10-6-13)23-19(27)17-11-18(26)24-20(28-17)25-22-12-14-3-7-15(21)8-4-14/h3-10,12,17H,2,11H2,1H3,(H,23,27)(H,24,25,26)/t17-/m0/s1. The minimum atomic E-state index is -0.566. The van der Waals surface area contributed by atoms with Crippen LogP contribution < -0.4 is 10.6 Å². The van der Waals surface area contributed by atoms with Gasteiger partial charge >= 0.3 is 0 Å². The summed E-state index contributed by atoms with van der Waals surface area (Å²) in [4.78, 5) is 24.5. The van der Waals surface area contributed by atoms with Crippen LogP contribution in [-0.2, 0) is 16.0 Å². The fourth-order valence-corrected chi connectivity index (χ4v) is 3.55. The molecule has 1 atom stereocenters. The molecule has 144 valence electrons. The van der Waals surface area contributed by atoms with E-state index in [0.29, 0.717) is 15.9 Å². The first-order valence-corrected chi connectivity index (χ1v) is 10.0. The second-order valence-electron chi connectivity index (χ2n) is 6.10. The maximum Gasteiger partial charge on any atom is 0.238 e. The first-order valence-electron chi connectivity index (χ1n) is 8.76. The molecule has 6 nitrogen and oxygen atoms in total. The molecular weight excluding hydrogens is 396 g/mol. The van der Waals surface area contributed by atoms with Crippen LogP contribution in [0.2, 0.25) is 5.02 Å². The molecule has 0 radical (unpaired) electrons. The van der Waals surface area contributed by atoms with Crippen LogP contribution in [0.4, 0.5) is 5.69 Å². The van der Waals surface area contributed by atoms with Crippen molar-refractivity contribution in [1.82, 2.24) is 5.32 Å². The van der Waals surface area contributed by atoms with Crippen molar-refractivity contribution in [3.8, 4) is 0 Å². The number of amides is 2. The lowest BCUT2D eigenvalue weighted by Crippen LogP contribution is -2.41. The maximum atomic E-state index is 12.5. The summed E-state index contributed by atoms with van der Waals surface area (Å²) in [6.07, 6.45) is 2.57. The SMILES string of the molecule is CCc1ccc(NC(=O)[C@@H]2CC(=O)NC(=NN=Cc3ccc(Cl)cc3)S2)cc1. The minimum Gasteiger partial charge on any atom is -0.325 e. The summed E-state index contributed by atoms with van der Waals surface area (Å²) < 4.78 is 0. The molecule has 2 amide bonds. The highest BCUT2D eigenvalue weighted by molar-refractivity contribution is 8.15. The van der Waals surface area contributed by atoms with Crippen molar-refractivity contribution in [1.29, 1.82) is 0 Å². The second-order valence-corrected chi connectivity index (χ2v) is 7.73. The van der Waals surface area contributed by atoms with Crippen LogP contribution in [0.1, 0.15) is 24.5 Å². The smallest absolute Gasteiger partial charge is 0.238 e. The number of carbonyl (C=O) groups is 2. The molecule has 28 heavy (non-hydrogen) atoms. The van der Waals surface area contributed by atoms with E-state index in [2.05, 4.69) is 27.8 Å². The molecule has 2 aromatic carbocycles. The van der Waals surface area contributed by atoms with Crippen molar-refractivity contribution in [3.63, 3.8) is 0 Å². The number of amidine groups is 1. The van der Waals surface area contributed by atoms with Gasteiger partial charge in [0.25, 0.3) is 0 Å². The quantitative estimate of drug-likeness (QED) is 0.575. The zero-order chi connectivity index (χ0) is 19.9. The molecule has 0 bridgehead atoms. The number of carbonyl (C=O) groups excluding carboxylic acids is 2. The first kappa shape index (κ1) is 20.1. The Bertz CT molecular complexity index is 911. The van der Waals surface area contributed by atoms with Gasteiger partial charge in [-0.25, -0.2) is 0 Å². The zero-order valence-corrected chi connectivity index (χ0v) is 16.8. The average molecular weight is 415 g/mol. The lowest BCUT2D eigenvalue weighted by molar-refractivity contribution is -0.123. The Morgan fingerprint density at radius 3 is 2.64 bits per heavy atom. The van der Waals surface area contributed by atoms with E-state index in [0.717, 1.165) is 12.0 Å². The van der Waals surface area contributed by atoms with Gasteiger partial charge in [0.15, 0.2) is 5.17 Å². The van der Waals surface area contributed by atoms with E-state index in [-0.39, 0.29) is 18.2 Å². The number of nitrogens with zero attached hydrogens (tertiary/aromatic N) is 2. The highest BCUT2D eigenvalue weighted by Crippen LogP contribution is 2.22. The van der Waals surface area contributed by atoms with Crippen LogP contribution in [0.25, 0.3) is 0 Å². The molecule has 0 saturated carbocycles. The lowest BCUT2D eigenvalue weighted by atomic mass is 10.1. The van der Waals surface area contributed by atoms with Gasteiger partial charge in [-0.2, -0.15) is 5.10 Å². The number of hydrogen-bond donors (Lipinski definition) is 2. The zero-order valence-electron chi connectivity index (χ0n) is 15.2. The molecule has 0 aromatic heterocycles. The van der Waals surface area contributed by atoms with Crippen molar-refractivity contribution < 1.29 is 9.59 Å². The van der Waals surface area contributed by atoms with Crippen molar-refractivity contribution >= 4 is 52.2 Å². The summed E-state index contributed by atoms with van der Waals surface area (Å²) in [7, 11) is 0. The van der Waals surface area contributed by atoms with E-state index < -0.39 is 5.25 Å². The Kier molecular flexibility index (Phi) is 6.84. The largest absolute Gasteiger partial charge is 0.325 e. The topological polar surface area (TPSA) is 82.9 Å². The number of halogens is 1. The molecule has 0 spiro atoms. The summed E-state index contributed by atoms with van der Waals surface area (Å²) in [5.41, 5.74) is 2.72. The van der Waals surface area contributed by atoms with Gasteiger partial charge in [0.2, 0.25) is 11.8 Å². The summed E-state index contributed by atoms with van der Waals surface area (Å²) in [5.74, 6) is -0.501. The van der Waals surface area contributed by atoms with Gasteiger partial charge in [-0.05, 0) is 41.8 Å². The predicted octanol–water partition coefficient (Wildman–Crippen LogP) is 3.85. The molecule has 2 N–H and O–H groups in total. The highest BCUT2D eigenvalue weighted by Gasteiger charge is 2.30. The van der Waals surface area contributed by atoms with Crippen LogP contribution in [0.15, 0.2) is 58.7 Å². The van der Waals surface area contributed by atoms with Crippen LogP contribution in [0.3, 0.4) is 0 Å². The Hall–Kier alpha value is -2.64. The molecule has 1 heterocycles. The molecule has 1 aliphatic rings. The molecule has 8 heteroatoms. The molecular formula is C20H19ClN4O2S. The molecule has 1 aliphatic heterocycles. The van der Waals surface area contributed by atoms with Crippen LogP contribution >= 0.6 is 23.4 Å². The number of hydrogen-bond acceptors (Lipinski definition) is 5. The van der Waals surface area contributed by atoms with Gasteiger partial charge in [0.1, 0.15) is 5.25 Å². The van der Waals surface area contributed by atoms with E-state index in [1.54, 1.807) is 30.5 Å². The lowest BCUT2D eigenvalue weighted by Gasteiger charge is -2.21. The average Bonchev–Trinajstić information content (AvgIpc) is 2.69. The Morgan fingerprint density at radius 2 is 1.96 bits per heavy atom. The monoisotopic (exact) mass is 414 g/mol. The van der Waals surface area contributed by atoms with E-state index >= 15 is 0 Å². The van der Waals surface area contributed by atoms with Crippen LogP contribution in [-0.4, -0.2) is 28.4 Å². The third-order valence-electron chi connectivity index (χ3n) is 4.02. The number of benzene rings is 2. The third kappa shape index (κ3) is 5.68. The van der Waals surface area contributed by atoms with Gasteiger partial charge in [0, 0.05) is 17.1 Å². The molecule has 1 fully saturated rings. The van der Waals surface area contributed by atoms with Crippen molar-refractivity contribution in [3.05, 3.63) is 64.7 Å². The number of rotatable bonds is 5. The molecule has 1 saturated heterocycles. The fourth-order valence-electron chi connectivity index (χ4n) is 2.48. The Balaban J connectivity index is 1.63. The summed E-state index contributed by atoms with van der Waals surface area (Å²) >= 11 is 7.02. The normalized spacial score (nSPS) is 18.3. The van der Waals surface area contributed by atoms with Gasteiger partial charge in [-0.15, -0.1) is 5.10 Å². The van der Waals surface area contributed by atoms with Gasteiger partial charge in [-0.3, -0.25) is 9.59 Å². The van der Waals surface area contributed by atoms with E-state index in [1.165, 1.54) is 17.3 Å². The van der Waals surface area contributed by atoms with Gasteiger partial charge < -0.3 is 10.6 Å². The Labute approximate surface area is 172 Å². The van der Waals surface area contributed by atoms with Crippen molar-refractivity contribution in [2.45, 2.75) is 25.0 Å². The van der Waals surface area contributed by atoms with Gasteiger partial charge in [0.05, 0.1) is 6.21 Å². The van der Waals surface area contributed by atoms with Gasteiger partial charge in [-0.1, -0.05) is 54.6 Å². The number of anilines is 1. The van der Waals surface area contributed by atoms with Crippen LogP contribution in [0, 0.1) is 0 Å². The van der Waals surface area contributed by atoms with Crippen molar-refractivity contribution in [2.75, 3.05) is 5.32 Å². The number of nitrogens with one attached hydrogen (secondary N) is 2. The third-order valence-corrected chi connectivity index (χ3v) is 5.34. The minimum absolute atomic E-state index is 0.0868. The summed E-state index contributed by atoms with van der Waals surface area (Å²) in [6, 6.07) is 14.8.